The van der Waals surface area contributed by atoms with E-state index in [1.165, 1.54) is 24.3 Å². The van der Waals surface area contributed by atoms with Crippen LogP contribution in [0.15, 0.2) is 24.3 Å². The average molecular weight is 494 g/mol. The number of halogens is 2. The molecule has 180 valence electrons. The first-order valence-corrected chi connectivity index (χ1v) is 10.0. The van der Waals surface area contributed by atoms with Gasteiger partial charge in [-0.3, -0.25) is 18.2 Å². The molecule has 0 bridgehead atoms. The molecule has 14 N–H and O–H groups in total. The van der Waals surface area contributed by atoms with Gasteiger partial charge in [-0.25, -0.2) is 8.78 Å². The van der Waals surface area contributed by atoms with Crippen LogP contribution in [0, 0.1) is 25.5 Å². The summed E-state index contributed by atoms with van der Waals surface area (Å²) in [6.07, 6.45) is 0. The summed E-state index contributed by atoms with van der Waals surface area (Å²) in [6, 6.07) is 5.49. The Morgan fingerprint density at radius 3 is 0.968 bits per heavy atom. The van der Waals surface area contributed by atoms with Crippen LogP contribution in [0.25, 0.3) is 0 Å². The molecule has 0 amide bonds. The molecule has 0 aliphatic heterocycles. The van der Waals surface area contributed by atoms with Crippen LogP contribution in [0.4, 0.5) is 31.5 Å². The second-order valence-corrected chi connectivity index (χ2v) is 7.15. The van der Waals surface area contributed by atoms with E-state index in [4.69, 9.17) is 58.0 Å². The third-order valence-electron chi connectivity index (χ3n) is 2.77. The maximum absolute atomic E-state index is 12.6. The number of hydrogen-bond acceptors (Lipinski definition) is 8. The van der Waals surface area contributed by atoms with Gasteiger partial charge in [-0.15, -0.1) is 0 Å². The lowest BCUT2D eigenvalue weighted by atomic mass is 10.2. The van der Waals surface area contributed by atoms with E-state index in [-0.39, 0.29) is 16.9 Å². The fourth-order valence-electron chi connectivity index (χ4n) is 1.41. The minimum absolute atomic E-state index is 0. The number of rotatable bonds is 0. The van der Waals surface area contributed by atoms with E-state index in [2.05, 4.69) is 0 Å². The van der Waals surface area contributed by atoms with Crippen LogP contribution in [0.1, 0.15) is 11.1 Å². The fourth-order valence-corrected chi connectivity index (χ4v) is 1.41. The second kappa shape index (κ2) is 13.5. The molecule has 13 nitrogen and oxygen atoms in total. The highest BCUT2D eigenvalue weighted by molar-refractivity contribution is 7.80. The average Bonchev–Trinajstić information content (AvgIpc) is 2.49. The predicted octanol–water partition coefficient (Wildman–Crippen LogP) is 0.467. The highest BCUT2D eigenvalue weighted by Gasteiger charge is 2.00. The number of aryl methyl sites for hydroxylation is 2. The molecule has 0 aromatic heterocycles. The van der Waals surface area contributed by atoms with Crippen LogP contribution in [0.2, 0.25) is 0 Å². The lowest BCUT2D eigenvalue weighted by Crippen LogP contribution is -1.96. The smallest absolute Gasteiger partial charge is 0.394 e. The molecule has 2 aromatic rings. The van der Waals surface area contributed by atoms with Crippen molar-refractivity contribution in [2.24, 2.45) is 0 Å². The fraction of sp³-hybridized carbons (Fsp3) is 0.143. The Morgan fingerprint density at radius 2 is 0.806 bits per heavy atom. The molecule has 0 fully saturated rings. The first-order chi connectivity index (χ1) is 13.2. The number of hydrogen-bond donors (Lipinski definition) is 8. The second-order valence-electron chi connectivity index (χ2n) is 5.36. The van der Waals surface area contributed by atoms with Crippen molar-refractivity contribution < 1.29 is 49.3 Å². The van der Waals surface area contributed by atoms with E-state index in [0.29, 0.717) is 22.5 Å². The van der Waals surface area contributed by atoms with Gasteiger partial charge in [0.2, 0.25) is 0 Å². The van der Waals surface area contributed by atoms with Crippen LogP contribution in [-0.4, -0.2) is 40.5 Å². The van der Waals surface area contributed by atoms with Gasteiger partial charge in [-0.05, 0) is 49.2 Å². The van der Waals surface area contributed by atoms with Gasteiger partial charge in [0, 0.05) is 11.4 Å². The van der Waals surface area contributed by atoms with Gasteiger partial charge in [0.05, 0.1) is 11.4 Å². The van der Waals surface area contributed by atoms with E-state index in [1.54, 1.807) is 13.8 Å². The van der Waals surface area contributed by atoms with Crippen LogP contribution < -0.4 is 22.9 Å². The zero-order valence-corrected chi connectivity index (χ0v) is 17.7. The highest BCUT2D eigenvalue weighted by atomic mass is 32.3. The predicted molar refractivity (Wildman–Crippen MR) is 112 cm³/mol. The molecular weight excluding hydrogens is 470 g/mol. The van der Waals surface area contributed by atoms with Crippen molar-refractivity contribution >= 4 is 43.5 Å². The lowest BCUT2D eigenvalue weighted by Gasteiger charge is -2.01. The van der Waals surface area contributed by atoms with Crippen LogP contribution in [-0.2, 0) is 20.8 Å². The Balaban J connectivity index is -0.000000353. The molecule has 0 unspecified atom stereocenters. The summed E-state index contributed by atoms with van der Waals surface area (Å²) in [5.41, 5.74) is 24.0. The summed E-state index contributed by atoms with van der Waals surface area (Å²) < 4.78 is 88.3. The summed E-state index contributed by atoms with van der Waals surface area (Å²) in [5.74, 6) is -0.821. The van der Waals surface area contributed by atoms with E-state index in [9.17, 15) is 8.78 Å². The van der Waals surface area contributed by atoms with Crippen molar-refractivity contribution in [3.8, 4) is 0 Å². The zero-order valence-electron chi connectivity index (χ0n) is 16.1. The van der Waals surface area contributed by atoms with Crippen molar-refractivity contribution in [1.29, 1.82) is 0 Å². The molecule has 0 aliphatic rings. The molecule has 0 atom stereocenters. The summed E-state index contributed by atoms with van der Waals surface area (Å²) >= 11 is 0. The number of nitrogen functional groups attached to an aromatic ring is 4. The molecule has 0 aliphatic carbocycles. The maximum Gasteiger partial charge on any atom is 0.394 e. The van der Waals surface area contributed by atoms with Crippen molar-refractivity contribution in [3.05, 3.63) is 47.0 Å². The van der Waals surface area contributed by atoms with E-state index < -0.39 is 32.4 Å². The van der Waals surface area contributed by atoms with Crippen molar-refractivity contribution in [2.45, 2.75) is 13.8 Å². The van der Waals surface area contributed by atoms with Crippen LogP contribution in [0.3, 0.4) is 0 Å². The minimum Gasteiger partial charge on any atom is -0.412 e. The molecule has 2 rings (SSSR count). The third kappa shape index (κ3) is 20.3. The molecule has 0 spiro atoms. The standard InChI is InChI=1S/2C7H9FN2.2H2O4S.H2O/c2*1-4-2-5(8)7(10)3-6(4)9;2*1-5(2,3)4;/h2*2-3H,9-10H2,1H3;2*(H2,1,2,3,4);1H2. The van der Waals surface area contributed by atoms with Crippen molar-refractivity contribution in [3.63, 3.8) is 0 Å². The monoisotopic (exact) mass is 494 g/mol. The Kier molecular flexibility index (Phi) is 14.3. The largest absolute Gasteiger partial charge is 0.412 e. The molecule has 17 heteroatoms. The molecule has 2 aromatic carbocycles. The summed E-state index contributed by atoms with van der Waals surface area (Å²) in [4.78, 5) is 0. The topological polar surface area (TPSA) is 285 Å². The van der Waals surface area contributed by atoms with Gasteiger partial charge in [0.15, 0.2) is 0 Å². The Hall–Kier alpha value is -2.80. The van der Waals surface area contributed by atoms with Crippen LogP contribution >= 0.6 is 0 Å². The van der Waals surface area contributed by atoms with Gasteiger partial charge in [-0.1, -0.05) is 0 Å². The normalized spacial score (nSPS) is 10.1. The molecule has 0 saturated heterocycles. The number of nitrogens with two attached hydrogens (primary N) is 4. The quantitative estimate of drug-likeness (QED) is 0.183. The molecular formula is C14H24F2N4O9S2. The zero-order chi connectivity index (χ0) is 24.4. The summed E-state index contributed by atoms with van der Waals surface area (Å²) in [5, 5.41) is 0. The molecule has 31 heavy (non-hydrogen) atoms. The lowest BCUT2D eigenvalue weighted by molar-refractivity contribution is 0.378. The highest BCUT2D eigenvalue weighted by Crippen LogP contribution is 2.18. The van der Waals surface area contributed by atoms with Gasteiger partial charge < -0.3 is 28.4 Å². The number of benzene rings is 2. The SMILES string of the molecule is Cc1cc(F)c(N)cc1N.Cc1cc(F)c(N)cc1N.O.O=S(=O)(O)O.O=S(=O)(O)O. The van der Waals surface area contributed by atoms with Crippen molar-refractivity contribution in [1.82, 2.24) is 0 Å². The van der Waals surface area contributed by atoms with Gasteiger partial charge in [-0.2, -0.15) is 16.8 Å². The van der Waals surface area contributed by atoms with Gasteiger partial charge in [0.1, 0.15) is 11.6 Å². The summed E-state index contributed by atoms with van der Waals surface area (Å²) in [6.45, 7) is 3.47. The van der Waals surface area contributed by atoms with Crippen LogP contribution in [0.5, 0.6) is 0 Å². The van der Waals surface area contributed by atoms with Gasteiger partial charge >= 0.3 is 20.8 Å². The Morgan fingerprint density at radius 1 is 0.613 bits per heavy atom. The first kappa shape index (κ1) is 32.9. The molecule has 0 saturated carbocycles. The van der Waals surface area contributed by atoms with E-state index in [0.717, 1.165) is 0 Å². The molecule has 0 heterocycles. The first-order valence-electron chi connectivity index (χ1n) is 7.24. The number of anilines is 4. The minimum atomic E-state index is -4.67. The van der Waals surface area contributed by atoms with E-state index in [1.807, 2.05) is 0 Å². The summed E-state index contributed by atoms with van der Waals surface area (Å²) in [7, 11) is -9.33. The third-order valence-corrected chi connectivity index (χ3v) is 2.77. The molecule has 0 radical (unpaired) electrons. The maximum atomic E-state index is 12.6. The van der Waals surface area contributed by atoms with Crippen molar-refractivity contribution in [2.75, 3.05) is 22.9 Å². The Labute approximate surface area is 177 Å². The Bertz CT molecular complexity index is 864. The van der Waals surface area contributed by atoms with Gasteiger partial charge in [0.25, 0.3) is 0 Å². The van der Waals surface area contributed by atoms with E-state index >= 15 is 0 Å².